The van der Waals surface area contributed by atoms with Crippen LogP contribution in [-0.4, -0.2) is 69.7 Å². The van der Waals surface area contributed by atoms with Gasteiger partial charge in [0, 0.05) is 38.3 Å². The molecule has 1 aliphatic rings. The molecule has 1 heterocycles. The number of hydrogen-bond acceptors (Lipinski definition) is 5. The predicted molar refractivity (Wildman–Crippen MR) is 85.3 cm³/mol. The maximum Gasteiger partial charge on any atom is 0.236 e. The maximum atomic E-state index is 11.9. The molecule has 1 aromatic rings. The molecule has 0 radical (unpaired) electrons. The molecule has 1 amide bonds. The summed E-state index contributed by atoms with van der Waals surface area (Å²) in [6.07, 6.45) is 0. The molecule has 122 valence electrons. The summed E-state index contributed by atoms with van der Waals surface area (Å²) in [5.41, 5.74) is 1.11. The van der Waals surface area contributed by atoms with Crippen LogP contribution in [0.2, 0.25) is 0 Å². The van der Waals surface area contributed by atoms with Crippen LogP contribution in [0.4, 0.5) is 0 Å². The van der Waals surface area contributed by atoms with Crippen molar-refractivity contribution in [2.24, 2.45) is 0 Å². The van der Waals surface area contributed by atoms with Crippen molar-refractivity contribution < 1.29 is 14.3 Å². The molecule has 0 aromatic heterocycles. The number of ether oxygens (including phenoxy) is 2. The normalized spacial score (nSPS) is 15.7. The Morgan fingerprint density at radius 2 is 1.91 bits per heavy atom. The number of carbonyl (C=O) groups is 1. The van der Waals surface area contributed by atoms with E-state index in [1.165, 1.54) is 0 Å². The minimum Gasteiger partial charge on any atom is -0.497 e. The minimum absolute atomic E-state index is 0.168. The highest BCUT2D eigenvalue weighted by Crippen LogP contribution is 2.25. The van der Waals surface area contributed by atoms with E-state index >= 15 is 0 Å². The molecule has 0 aliphatic carbocycles. The van der Waals surface area contributed by atoms with Gasteiger partial charge in [-0.2, -0.15) is 0 Å². The van der Waals surface area contributed by atoms with Crippen LogP contribution in [0.1, 0.15) is 5.56 Å². The molecule has 1 fully saturated rings. The van der Waals surface area contributed by atoms with Crippen molar-refractivity contribution >= 4 is 5.91 Å². The lowest BCUT2D eigenvalue weighted by molar-refractivity contribution is -0.131. The largest absolute Gasteiger partial charge is 0.497 e. The summed E-state index contributed by atoms with van der Waals surface area (Å²) in [7, 11) is 5.14. The molecule has 6 nitrogen and oxygen atoms in total. The second kappa shape index (κ2) is 8.00. The average Bonchev–Trinajstić information content (AvgIpc) is 2.55. The Morgan fingerprint density at radius 1 is 1.18 bits per heavy atom. The lowest BCUT2D eigenvalue weighted by atomic mass is 10.1. The van der Waals surface area contributed by atoms with Crippen molar-refractivity contribution in [1.29, 1.82) is 0 Å². The van der Waals surface area contributed by atoms with E-state index in [4.69, 9.17) is 9.47 Å². The lowest BCUT2D eigenvalue weighted by Crippen LogP contribution is -2.50. The van der Waals surface area contributed by atoms with Gasteiger partial charge < -0.3 is 19.7 Å². The van der Waals surface area contributed by atoms with E-state index in [0.717, 1.165) is 49.8 Å². The molecule has 0 atom stereocenters. The van der Waals surface area contributed by atoms with Crippen LogP contribution < -0.4 is 14.8 Å². The first-order valence-electron chi connectivity index (χ1n) is 7.53. The number of nitrogens with one attached hydrogen (secondary N) is 1. The lowest BCUT2D eigenvalue weighted by Gasteiger charge is -2.35. The van der Waals surface area contributed by atoms with Crippen LogP contribution in [0.3, 0.4) is 0 Å². The number of carbonyl (C=O) groups excluding carboxylic acids is 1. The van der Waals surface area contributed by atoms with Gasteiger partial charge in [0.15, 0.2) is 0 Å². The Morgan fingerprint density at radius 3 is 2.50 bits per heavy atom. The van der Waals surface area contributed by atoms with E-state index in [1.807, 2.05) is 23.1 Å². The zero-order chi connectivity index (χ0) is 15.9. The second-order valence-corrected chi connectivity index (χ2v) is 5.37. The number of piperazine rings is 1. The number of nitrogens with zero attached hydrogens (tertiary/aromatic N) is 2. The third-order valence-corrected chi connectivity index (χ3v) is 3.93. The number of benzene rings is 1. The zero-order valence-electron chi connectivity index (χ0n) is 13.6. The second-order valence-electron chi connectivity index (χ2n) is 5.37. The van der Waals surface area contributed by atoms with Crippen LogP contribution in [0, 0.1) is 0 Å². The predicted octanol–water partition coefficient (Wildman–Crippen LogP) is 0.567. The SMILES string of the molecule is CNCC(=O)N1CCN(Cc2cc(OC)ccc2OC)CC1. The molecule has 0 unspecified atom stereocenters. The summed E-state index contributed by atoms with van der Waals surface area (Å²) < 4.78 is 10.7. The fraction of sp³-hybridized carbons (Fsp3) is 0.562. The van der Waals surface area contributed by atoms with Gasteiger partial charge >= 0.3 is 0 Å². The van der Waals surface area contributed by atoms with Crippen molar-refractivity contribution in [1.82, 2.24) is 15.1 Å². The Balaban J connectivity index is 1.94. The number of amides is 1. The van der Waals surface area contributed by atoms with Crippen molar-refractivity contribution in [3.8, 4) is 11.5 Å². The highest BCUT2D eigenvalue weighted by Gasteiger charge is 2.21. The summed E-state index contributed by atoms with van der Waals surface area (Å²) in [6, 6.07) is 5.84. The minimum atomic E-state index is 0.168. The van der Waals surface area contributed by atoms with Gasteiger partial charge in [0.1, 0.15) is 11.5 Å². The molecule has 6 heteroatoms. The zero-order valence-corrected chi connectivity index (χ0v) is 13.6. The maximum absolute atomic E-state index is 11.9. The summed E-state index contributed by atoms with van der Waals surface area (Å²) in [5.74, 6) is 1.87. The Hall–Kier alpha value is -1.79. The van der Waals surface area contributed by atoms with Crippen LogP contribution in [0.5, 0.6) is 11.5 Å². The first-order chi connectivity index (χ1) is 10.7. The van der Waals surface area contributed by atoms with Gasteiger partial charge in [-0.15, -0.1) is 0 Å². The molecule has 1 N–H and O–H groups in total. The van der Waals surface area contributed by atoms with Crippen molar-refractivity contribution in [3.63, 3.8) is 0 Å². The summed E-state index contributed by atoms with van der Waals surface area (Å²) in [4.78, 5) is 16.1. The summed E-state index contributed by atoms with van der Waals surface area (Å²) in [5, 5.41) is 2.91. The standard InChI is InChI=1S/C16H25N3O3/c1-17-11-16(20)19-8-6-18(7-9-19)12-13-10-14(21-2)4-5-15(13)22-3/h4-5,10,17H,6-9,11-12H2,1-3H3. The van der Waals surface area contributed by atoms with Gasteiger partial charge in [-0.1, -0.05) is 0 Å². The quantitative estimate of drug-likeness (QED) is 0.833. The van der Waals surface area contributed by atoms with Gasteiger partial charge in [-0.05, 0) is 25.2 Å². The molecule has 1 aliphatic heterocycles. The smallest absolute Gasteiger partial charge is 0.236 e. The highest BCUT2D eigenvalue weighted by molar-refractivity contribution is 5.78. The molecule has 1 aromatic carbocycles. The monoisotopic (exact) mass is 307 g/mol. The van der Waals surface area contributed by atoms with E-state index < -0.39 is 0 Å². The topological polar surface area (TPSA) is 54.0 Å². The first kappa shape index (κ1) is 16.6. The van der Waals surface area contributed by atoms with Crippen molar-refractivity contribution in [2.45, 2.75) is 6.54 Å². The molecule has 1 saturated heterocycles. The van der Waals surface area contributed by atoms with Gasteiger partial charge in [0.05, 0.1) is 20.8 Å². The molecule has 0 saturated carbocycles. The Bertz CT molecular complexity index is 499. The van der Waals surface area contributed by atoms with Crippen LogP contribution in [0.15, 0.2) is 18.2 Å². The molecule has 22 heavy (non-hydrogen) atoms. The number of methoxy groups -OCH3 is 2. The molecular formula is C16H25N3O3. The summed E-state index contributed by atoms with van der Waals surface area (Å²) >= 11 is 0. The number of rotatable bonds is 6. The van der Waals surface area contributed by atoms with E-state index in [1.54, 1.807) is 21.3 Å². The molecular weight excluding hydrogens is 282 g/mol. The van der Waals surface area contributed by atoms with Gasteiger partial charge in [-0.25, -0.2) is 0 Å². The van der Waals surface area contributed by atoms with Crippen molar-refractivity contribution in [3.05, 3.63) is 23.8 Å². The highest BCUT2D eigenvalue weighted by atomic mass is 16.5. The van der Waals surface area contributed by atoms with E-state index in [2.05, 4.69) is 10.2 Å². The van der Waals surface area contributed by atoms with E-state index in [0.29, 0.717) is 6.54 Å². The van der Waals surface area contributed by atoms with Gasteiger partial charge in [0.25, 0.3) is 0 Å². The first-order valence-corrected chi connectivity index (χ1v) is 7.53. The van der Waals surface area contributed by atoms with Gasteiger partial charge in [-0.3, -0.25) is 9.69 Å². The van der Waals surface area contributed by atoms with Crippen LogP contribution >= 0.6 is 0 Å². The van der Waals surface area contributed by atoms with Crippen LogP contribution in [0.25, 0.3) is 0 Å². The average molecular weight is 307 g/mol. The Kier molecular flexibility index (Phi) is 6.03. The molecule has 0 spiro atoms. The fourth-order valence-electron chi connectivity index (χ4n) is 2.66. The summed E-state index contributed by atoms with van der Waals surface area (Å²) in [6.45, 7) is 4.49. The Labute approximate surface area is 132 Å². The van der Waals surface area contributed by atoms with Gasteiger partial charge in [0.2, 0.25) is 5.91 Å². The molecule has 0 bridgehead atoms. The fourth-order valence-corrected chi connectivity index (χ4v) is 2.66. The molecule has 2 rings (SSSR count). The third kappa shape index (κ3) is 4.11. The van der Waals surface area contributed by atoms with E-state index in [-0.39, 0.29) is 5.91 Å². The van der Waals surface area contributed by atoms with Crippen molar-refractivity contribution in [2.75, 3.05) is 54.0 Å². The van der Waals surface area contributed by atoms with E-state index in [9.17, 15) is 4.79 Å². The number of likely N-dealkylation sites (N-methyl/N-ethyl adjacent to an activating group) is 1. The number of hydrogen-bond donors (Lipinski definition) is 1. The van der Waals surface area contributed by atoms with Crippen LogP contribution in [-0.2, 0) is 11.3 Å². The third-order valence-electron chi connectivity index (χ3n) is 3.93.